The summed E-state index contributed by atoms with van der Waals surface area (Å²) >= 11 is 0. The van der Waals surface area contributed by atoms with Crippen LogP contribution in [0.15, 0.2) is 12.2 Å². The van der Waals surface area contributed by atoms with Gasteiger partial charge in [0.25, 0.3) is 0 Å². The summed E-state index contributed by atoms with van der Waals surface area (Å²) in [6.07, 6.45) is 21.1. The summed E-state index contributed by atoms with van der Waals surface area (Å²) in [6.45, 7) is 2.04. The second-order valence-electron chi connectivity index (χ2n) is 6.98. The van der Waals surface area contributed by atoms with E-state index >= 15 is 0 Å². The first-order chi connectivity index (χ1) is 12.1. The Balaban J connectivity index is 3.30. The number of carbonyl (C=O) groups excluding carboxylic acids is 1. The highest BCUT2D eigenvalue weighted by Gasteiger charge is 2.10. The molecule has 0 aliphatic rings. The van der Waals surface area contributed by atoms with E-state index in [0.717, 1.165) is 12.8 Å². The molecule has 0 aliphatic carbocycles. The number of hydrogen-bond acceptors (Lipinski definition) is 2. The van der Waals surface area contributed by atoms with Gasteiger partial charge in [0, 0.05) is 13.5 Å². The van der Waals surface area contributed by atoms with Gasteiger partial charge in [-0.25, -0.2) is 0 Å². The highest BCUT2D eigenvalue weighted by molar-refractivity contribution is 5.80. The smallest absolute Gasteiger partial charge is 0.323 e. The molecule has 4 nitrogen and oxygen atoms in total. The molecule has 4 heteroatoms. The maximum absolute atomic E-state index is 11.7. The first-order valence-electron chi connectivity index (χ1n) is 10.2. The third-order valence-corrected chi connectivity index (χ3v) is 4.45. The number of carbonyl (C=O) groups is 2. The lowest BCUT2D eigenvalue weighted by Crippen LogP contribution is -2.31. The van der Waals surface area contributed by atoms with Crippen LogP contribution in [0, 0.1) is 0 Å². The average Bonchev–Trinajstić information content (AvgIpc) is 2.57. The number of carboxylic acids is 1. The Labute approximate surface area is 154 Å². The van der Waals surface area contributed by atoms with Crippen LogP contribution in [0.2, 0.25) is 0 Å². The molecule has 0 atom stereocenters. The minimum absolute atomic E-state index is 0.0659. The highest BCUT2D eigenvalue weighted by Crippen LogP contribution is 2.11. The number of likely N-dealkylation sites (N-methyl/N-ethyl adjacent to an activating group) is 1. The zero-order chi connectivity index (χ0) is 18.8. The predicted molar refractivity (Wildman–Crippen MR) is 105 cm³/mol. The van der Waals surface area contributed by atoms with Crippen LogP contribution in [0.25, 0.3) is 0 Å². The molecule has 0 saturated carbocycles. The number of unbranched alkanes of at least 4 members (excludes halogenated alkanes) is 11. The summed E-state index contributed by atoms with van der Waals surface area (Å²) < 4.78 is 0. The number of aliphatic carboxylic acids is 1. The van der Waals surface area contributed by atoms with Gasteiger partial charge in [-0.15, -0.1) is 0 Å². The lowest BCUT2D eigenvalue weighted by Gasteiger charge is -2.14. The summed E-state index contributed by atoms with van der Waals surface area (Å²) in [7, 11) is 1.55. The van der Waals surface area contributed by atoms with Gasteiger partial charge in [-0.2, -0.15) is 0 Å². The quantitative estimate of drug-likeness (QED) is 0.275. The molecule has 0 fully saturated rings. The predicted octanol–water partition coefficient (Wildman–Crippen LogP) is 5.57. The first-order valence-corrected chi connectivity index (χ1v) is 10.2. The SMILES string of the molecule is CCCCCC/C=C\CCCCCCCCCC(=O)N(C)CC(=O)O. The van der Waals surface area contributed by atoms with Crippen molar-refractivity contribution in [2.75, 3.05) is 13.6 Å². The monoisotopic (exact) mass is 353 g/mol. The molecule has 0 bridgehead atoms. The molecule has 1 amide bonds. The average molecular weight is 354 g/mol. The van der Waals surface area contributed by atoms with E-state index < -0.39 is 5.97 Å². The van der Waals surface area contributed by atoms with Crippen molar-refractivity contribution in [2.24, 2.45) is 0 Å². The third-order valence-electron chi connectivity index (χ3n) is 4.45. The molecule has 0 aliphatic heterocycles. The molecule has 0 spiro atoms. The van der Waals surface area contributed by atoms with Gasteiger partial charge in [0.2, 0.25) is 5.91 Å². The first kappa shape index (κ1) is 23.7. The van der Waals surface area contributed by atoms with Crippen molar-refractivity contribution in [1.29, 1.82) is 0 Å². The Morgan fingerprint density at radius 3 is 1.80 bits per heavy atom. The van der Waals surface area contributed by atoms with Crippen molar-refractivity contribution in [3.05, 3.63) is 12.2 Å². The van der Waals surface area contributed by atoms with E-state index in [1.54, 1.807) is 7.05 Å². The Morgan fingerprint density at radius 2 is 1.28 bits per heavy atom. The molecular weight excluding hydrogens is 314 g/mol. The zero-order valence-electron chi connectivity index (χ0n) is 16.5. The number of rotatable bonds is 17. The molecule has 25 heavy (non-hydrogen) atoms. The second kappa shape index (κ2) is 17.5. The minimum atomic E-state index is -0.956. The van der Waals surface area contributed by atoms with Crippen LogP contribution in [0.5, 0.6) is 0 Å². The van der Waals surface area contributed by atoms with E-state index in [1.165, 1.54) is 75.5 Å². The lowest BCUT2D eigenvalue weighted by atomic mass is 10.1. The molecule has 0 saturated heterocycles. The minimum Gasteiger partial charge on any atom is -0.480 e. The van der Waals surface area contributed by atoms with Crippen molar-refractivity contribution in [3.63, 3.8) is 0 Å². The van der Waals surface area contributed by atoms with Crippen LogP contribution >= 0.6 is 0 Å². The Morgan fingerprint density at radius 1 is 0.800 bits per heavy atom. The Bertz CT molecular complexity index is 366. The molecule has 0 aromatic heterocycles. The Hall–Kier alpha value is -1.32. The van der Waals surface area contributed by atoms with Crippen molar-refractivity contribution >= 4 is 11.9 Å². The number of nitrogens with zero attached hydrogens (tertiary/aromatic N) is 1. The fraction of sp³-hybridized carbons (Fsp3) is 0.810. The zero-order valence-corrected chi connectivity index (χ0v) is 16.5. The van der Waals surface area contributed by atoms with Crippen LogP contribution in [0.3, 0.4) is 0 Å². The fourth-order valence-corrected chi connectivity index (χ4v) is 2.83. The van der Waals surface area contributed by atoms with Gasteiger partial charge in [0.05, 0.1) is 0 Å². The van der Waals surface area contributed by atoms with Crippen LogP contribution in [-0.4, -0.2) is 35.5 Å². The van der Waals surface area contributed by atoms with Gasteiger partial charge in [-0.05, 0) is 32.1 Å². The number of hydrogen-bond donors (Lipinski definition) is 1. The lowest BCUT2D eigenvalue weighted by molar-refractivity contribution is -0.143. The van der Waals surface area contributed by atoms with Gasteiger partial charge in [0.15, 0.2) is 0 Å². The van der Waals surface area contributed by atoms with E-state index in [9.17, 15) is 9.59 Å². The van der Waals surface area contributed by atoms with Crippen LogP contribution < -0.4 is 0 Å². The van der Waals surface area contributed by atoms with E-state index in [-0.39, 0.29) is 12.5 Å². The molecule has 0 heterocycles. The van der Waals surface area contributed by atoms with E-state index in [0.29, 0.717) is 6.42 Å². The van der Waals surface area contributed by atoms with Gasteiger partial charge < -0.3 is 10.0 Å². The highest BCUT2D eigenvalue weighted by atomic mass is 16.4. The molecule has 0 unspecified atom stereocenters. The van der Waals surface area contributed by atoms with Crippen LogP contribution in [-0.2, 0) is 9.59 Å². The summed E-state index contributed by atoms with van der Waals surface area (Å²) in [5.74, 6) is -1.02. The van der Waals surface area contributed by atoms with Gasteiger partial charge in [0.1, 0.15) is 6.54 Å². The second-order valence-corrected chi connectivity index (χ2v) is 6.98. The van der Waals surface area contributed by atoms with Crippen molar-refractivity contribution in [3.8, 4) is 0 Å². The van der Waals surface area contributed by atoms with Gasteiger partial charge >= 0.3 is 5.97 Å². The van der Waals surface area contributed by atoms with Crippen LogP contribution in [0.1, 0.15) is 96.8 Å². The number of allylic oxidation sites excluding steroid dienone is 2. The van der Waals surface area contributed by atoms with E-state index in [1.807, 2.05) is 0 Å². The number of carboxylic acid groups (broad SMARTS) is 1. The van der Waals surface area contributed by atoms with Crippen molar-refractivity contribution in [2.45, 2.75) is 96.8 Å². The maximum Gasteiger partial charge on any atom is 0.323 e. The summed E-state index contributed by atoms with van der Waals surface area (Å²) in [6, 6.07) is 0. The summed E-state index contributed by atoms with van der Waals surface area (Å²) in [4.78, 5) is 23.5. The molecule has 0 aromatic carbocycles. The summed E-state index contributed by atoms with van der Waals surface area (Å²) in [5.41, 5.74) is 0. The van der Waals surface area contributed by atoms with E-state index in [2.05, 4.69) is 19.1 Å². The van der Waals surface area contributed by atoms with E-state index in [4.69, 9.17) is 5.11 Å². The van der Waals surface area contributed by atoms with Gasteiger partial charge in [-0.3, -0.25) is 9.59 Å². The van der Waals surface area contributed by atoms with Gasteiger partial charge in [-0.1, -0.05) is 70.4 Å². The molecular formula is C21H39NO3. The normalized spacial score (nSPS) is 11.1. The maximum atomic E-state index is 11.7. The molecule has 146 valence electrons. The van der Waals surface area contributed by atoms with Crippen molar-refractivity contribution < 1.29 is 14.7 Å². The molecule has 0 radical (unpaired) electrons. The number of amides is 1. The molecule has 0 aromatic rings. The standard InChI is InChI=1S/C21H39NO3/c1-3-4-5-6-7-8-9-10-11-12-13-14-15-16-17-18-20(23)22(2)19-21(24)25/h8-9H,3-7,10-19H2,1-2H3,(H,24,25)/b9-8-. The van der Waals surface area contributed by atoms with Crippen molar-refractivity contribution in [1.82, 2.24) is 4.90 Å². The Kier molecular flexibility index (Phi) is 16.6. The molecule has 1 N–H and O–H groups in total. The molecule has 0 rings (SSSR count). The topological polar surface area (TPSA) is 57.6 Å². The summed E-state index contributed by atoms with van der Waals surface area (Å²) in [5, 5.41) is 8.64. The fourth-order valence-electron chi connectivity index (χ4n) is 2.83. The largest absolute Gasteiger partial charge is 0.480 e. The van der Waals surface area contributed by atoms with Crippen LogP contribution in [0.4, 0.5) is 0 Å². The third kappa shape index (κ3) is 17.3.